The second-order valence-electron chi connectivity index (χ2n) is 24.9. The zero-order valence-corrected chi connectivity index (χ0v) is 54.8. The van der Waals surface area contributed by atoms with Gasteiger partial charge in [-0.2, -0.15) is 0 Å². The normalized spacial score (nSPS) is 12.2. The van der Waals surface area contributed by atoms with Crippen LogP contribution in [0, 0.1) is 0 Å². The quantitative estimate of drug-likeness (QED) is 0.0261. The maximum absolute atomic E-state index is 12.9. The van der Waals surface area contributed by atoms with Crippen LogP contribution in [-0.4, -0.2) is 37.2 Å². The monoisotopic (exact) mass is 1140 g/mol. The molecule has 0 aliphatic carbocycles. The molecule has 0 fully saturated rings. The van der Waals surface area contributed by atoms with E-state index in [0.717, 1.165) is 70.6 Å². The highest BCUT2D eigenvalue weighted by molar-refractivity contribution is 5.71. The summed E-state index contributed by atoms with van der Waals surface area (Å²) in [6.45, 7) is 6.61. The Balaban J connectivity index is 3.87. The maximum atomic E-state index is 12.9. The predicted octanol–water partition coefficient (Wildman–Crippen LogP) is 25.1. The zero-order valence-electron chi connectivity index (χ0n) is 54.8. The van der Waals surface area contributed by atoms with Crippen molar-refractivity contribution in [2.75, 3.05) is 13.2 Å². The molecule has 0 amide bonds. The van der Waals surface area contributed by atoms with E-state index in [2.05, 4.69) is 57.2 Å². The number of esters is 3. The Labute approximate surface area is 506 Å². The molecule has 6 heteroatoms. The van der Waals surface area contributed by atoms with E-state index < -0.39 is 6.10 Å². The summed E-state index contributed by atoms with van der Waals surface area (Å²) in [6, 6.07) is 0. The molecule has 0 heterocycles. The minimum absolute atomic E-state index is 0.0683. The largest absolute Gasteiger partial charge is 0.462 e. The number of unbranched alkanes of at least 4 members (excludes halogenated alkanes) is 51. The van der Waals surface area contributed by atoms with Gasteiger partial charge in [-0.25, -0.2) is 0 Å². The van der Waals surface area contributed by atoms with Crippen LogP contribution in [-0.2, 0) is 28.6 Å². The van der Waals surface area contributed by atoms with Gasteiger partial charge in [-0.15, -0.1) is 0 Å². The molecule has 0 saturated carbocycles. The van der Waals surface area contributed by atoms with Crippen LogP contribution in [0.3, 0.4) is 0 Å². The third-order valence-electron chi connectivity index (χ3n) is 16.6. The molecule has 1 atom stereocenters. The molecule has 6 nitrogen and oxygen atoms in total. The van der Waals surface area contributed by atoms with Crippen LogP contribution in [0.4, 0.5) is 0 Å². The first kappa shape index (κ1) is 78.6. The van der Waals surface area contributed by atoms with Crippen molar-refractivity contribution < 1.29 is 28.6 Å². The second-order valence-corrected chi connectivity index (χ2v) is 24.9. The van der Waals surface area contributed by atoms with Crippen molar-refractivity contribution >= 4 is 17.9 Å². The van der Waals surface area contributed by atoms with Gasteiger partial charge in [0.05, 0.1) is 0 Å². The number of carbonyl (C=O) groups excluding carboxylic acids is 3. The highest BCUT2D eigenvalue weighted by Gasteiger charge is 2.19. The van der Waals surface area contributed by atoms with Gasteiger partial charge < -0.3 is 14.2 Å². The van der Waals surface area contributed by atoms with Crippen LogP contribution >= 0.6 is 0 Å². The molecular weight excluding hydrogens is 997 g/mol. The minimum atomic E-state index is -0.768. The molecular formula is C75H140O6. The Morgan fingerprint density at radius 2 is 0.444 bits per heavy atom. The number of allylic oxidation sites excluding steroid dienone is 6. The van der Waals surface area contributed by atoms with E-state index in [4.69, 9.17) is 14.2 Å². The van der Waals surface area contributed by atoms with Gasteiger partial charge in [-0.3, -0.25) is 14.4 Å². The average molecular weight is 1140 g/mol. The molecule has 0 N–H and O–H groups in total. The summed E-state index contributed by atoms with van der Waals surface area (Å²) in [7, 11) is 0. The molecule has 1 unspecified atom stereocenters. The third-order valence-corrected chi connectivity index (χ3v) is 16.6. The van der Waals surface area contributed by atoms with Crippen molar-refractivity contribution in [3.63, 3.8) is 0 Å². The molecule has 81 heavy (non-hydrogen) atoms. The van der Waals surface area contributed by atoms with Gasteiger partial charge in [-0.1, -0.05) is 346 Å². The second kappa shape index (κ2) is 70.1. The molecule has 476 valence electrons. The smallest absolute Gasteiger partial charge is 0.306 e. The summed E-state index contributed by atoms with van der Waals surface area (Å²) in [6.07, 6.45) is 88.2. The standard InChI is InChI=1S/C75H140O6/c1-4-7-10-13-15-17-19-21-23-25-27-29-31-32-33-34-35-36-37-38-39-40-41-42-44-45-47-49-51-53-55-57-59-62-65-68-74(77)80-71-72(70-79-73(76)67-64-61-12-9-6-3)81-75(78)69-66-63-60-58-56-54-52-50-48-46-43-30-28-26-24-22-20-18-16-14-11-8-5-2/h20,22,25-28,72H,4-19,21,23-24,29-71H2,1-3H3/b22-20-,27-25-,28-26-. The van der Waals surface area contributed by atoms with Crippen molar-refractivity contribution in [3.8, 4) is 0 Å². The summed E-state index contributed by atoms with van der Waals surface area (Å²) in [5, 5.41) is 0. The highest BCUT2D eigenvalue weighted by Crippen LogP contribution is 2.19. The van der Waals surface area contributed by atoms with Crippen LogP contribution in [0.15, 0.2) is 36.5 Å². The summed E-state index contributed by atoms with van der Waals surface area (Å²) in [5.41, 5.74) is 0. The van der Waals surface area contributed by atoms with Gasteiger partial charge in [0.2, 0.25) is 0 Å². The van der Waals surface area contributed by atoms with E-state index in [1.807, 2.05) is 0 Å². The molecule has 0 aromatic rings. The van der Waals surface area contributed by atoms with Gasteiger partial charge in [0.25, 0.3) is 0 Å². The van der Waals surface area contributed by atoms with E-state index in [1.54, 1.807) is 0 Å². The van der Waals surface area contributed by atoms with E-state index >= 15 is 0 Å². The van der Waals surface area contributed by atoms with Crippen molar-refractivity contribution in [3.05, 3.63) is 36.5 Å². The van der Waals surface area contributed by atoms with E-state index in [-0.39, 0.29) is 31.1 Å². The topological polar surface area (TPSA) is 78.9 Å². The molecule has 0 rings (SSSR count). The lowest BCUT2D eigenvalue weighted by atomic mass is 10.0. The zero-order chi connectivity index (χ0) is 58.5. The Morgan fingerprint density at radius 3 is 0.691 bits per heavy atom. The first-order valence-electron chi connectivity index (χ1n) is 36.5. The van der Waals surface area contributed by atoms with Crippen molar-refractivity contribution in [2.45, 2.75) is 412 Å². The predicted molar refractivity (Wildman–Crippen MR) is 353 cm³/mol. The van der Waals surface area contributed by atoms with Gasteiger partial charge in [-0.05, 0) is 77.0 Å². The SMILES string of the molecule is CCCCCCC/C=C\C/C=C\CCCCCCCCCCCCCC(=O)OC(COC(=O)CCCCCCC)COC(=O)CCCCCCCCCCCCCCCCCCCCCCCCC/C=C\CCCCCCCCCC. The Morgan fingerprint density at radius 1 is 0.247 bits per heavy atom. The lowest BCUT2D eigenvalue weighted by Crippen LogP contribution is -2.30. The fraction of sp³-hybridized carbons (Fsp3) is 0.880. The summed E-state index contributed by atoms with van der Waals surface area (Å²) in [4.78, 5) is 38.0. The maximum Gasteiger partial charge on any atom is 0.306 e. The fourth-order valence-electron chi connectivity index (χ4n) is 11.1. The summed E-state index contributed by atoms with van der Waals surface area (Å²) >= 11 is 0. The highest BCUT2D eigenvalue weighted by atomic mass is 16.6. The van der Waals surface area contributed by atoms with Crippen LogP contribution in [0.25, 0.3) is 0 Å². The number of rotatable bonds is 68. The molecule has 0 spiro atoms. The van der Waals surface area contributed by atoms with Gasteiger partial charge in [0, 0.05) is 19.3 Å². The van der Waals surface area contributed by atoms with Gasteiger partial charge in [0.15, 0.2) is 6.10 Å². The lowest BCUT2D eigenvalue weighted by Gasteiger charge is -2.18. The number of hydrogen-bond acceptors (Lipinski definition) is 6. The summed E-state index contributed by atoms with van der Waals surface area (Å²) < 4.78 is 16.8. The molecule has 0 aliphatic heterocycles. The van der Waals surface area contributed by atoms with Crippen molar-refractivity contribution in [1.82, 2.24) is 0 Å². The van der Waals surface area contributed by atoms with Crippen LogP contribution < -0.4 is 0 Å². The van der Waals surface area contributed by atoms with Gasteiger partial charge >= 0.3 is 17.9 Å². The van der Waals surface area contributed by atoms with Crippen molar-refractivity contribution in [2.24, 2.45) is 0 Å². The molecule has 0 bridgehead atoms. The van der Waals surface area contributed by atoms with Crippen LogP contribution in [0.1, 0.15) is 406 Å². The number of ether oxygens (including phenoxy) is 3. The third kappa shape index (κ3) is 68.3. The molecule has 0 aromatic heterocycles. The van der Waals surface area contributed by atoms with Crippen LogP contribution in [0.2, 0.25) is 0 Å². The van der Waals surface area contributed by atoms with E-state index in [1.165, 1.54) is 295 Å². The Bertz CT molecular complexity index is 1350. The Hall–Kier alpha value is -2.37. The Kier molecular flexibility index (Phi) is 68.1. The first-order valence-corrected chi connectivity index (χ1v) is 36.5. The lowest BCUT2D eigenvalue weighted by molar-refractivity contribution is -0.167. The van der Waals surface area contributed by atoms with Crippen molar-refractivity contribution in [1.29, 1.82) is 0 Å². The minimum Gasteiger partial charge on any atom is -0.462 e. The first-order chi connectivity index (χ1) is 40.0. The van der Waals surface area contributed by atoms with Gasteiger partial charge in [0.1, 0.15) is 13.2 Å². The molecule has 0 aliphatic rings. The average Bonchev–Trinajstić information content (AvgIpc) is 3.47. The number of carbonyl (C=O) groups is 3. The van der Waals surface area contributed by atoms with E-state index in [9.17, 15) is 14.4 Å². The molecule has 0 radical (unpaired) electrons. The molecule has 0 saturated heterocycles. The summed E-state index contributed by atoms with van der Waals surface area (Å²) in [5.74, 6) is -0.860. The molecule has 0 aromatic carbocycles. The van der Waals surface area contributed by atoms with Crippen LogP contribution in [0.5, 0.6) is 0 Å². The number of hydrogen-bond donors (Lipinski definition) is 0. The fourth-order valence-corrected chi connectivity index (χ4v) is 11.1. The van der Waals surface area contributed by atoms with E-state index in [0.29, 0.717) is 19.3 Å².